The number of benzene rings is 1. The summed E-state index contributed by atoms with van der Waals surface area (Å²) in [4.78, 5) is 17.6. The fourth-order valence-corrected chi connectivity index (χ4v) is 3.27. The van der Waals surface area contributed by atoms with Crippen LogP contribution in [0.15, 0.2) is 24.4 Å². The third-order valence-electron chi connectivity index (χ3n) is 4.60. The van der Waals surface area contributed by atoms with E-state index in [4.69, 9.17) is 0 Å². The molecule has 4 nitrogen and oxygen atoms in total. The molecule has 112 valence electrons. The van der Waals surface area contributed by atoms with Crippen molar-refractivity contribution in [3.05, 3.63) is 35.5 Å². The van der Waals surface area contributed by atoms with Gasteiger partial charge in [0.25, 0.3) is 0 Å². The van der Waals surface area contributed by atoms with Crippen LogP contribution >= 0.6 is 0 Å². The molecule has 3 rings (SSSR count). The van der Waals surface area contributed by atoms with Crippen LogP contribution in [0, 0.1) is 12.8 Å². The van der Waals surface area contributed by atoms with Crippen LogP contribution in [-0.2, 0) is 11.2 Å². The fourth-order valence-electron chi connectivity index (χ4n) is 3.27. The zero-order valence-corrected chi connectivity index (χ0v) is 12.6. The molecule has 1 aliphatic rings. The summed E-state index contributed by atoms with van der Waals surface area (Å²) in [6.45, 7) is 5.32. The second-order valence-corrected chi connectivity index (χ2v) is 6.12. The van der Waals surface area contributed by atoms with Crippen LogP contribution in [0.3, 0.4) is 0 Å². The van der Waals surface area contributed by atoms with Gasteiger partial charge in [0, 0.05) is 36.1 Å². The number of hydrogen-bond acceptors (Lipinski definition) is 2. The minimum Gasteiger partial charge on any atom is -0.393 e. The van der Waals surface area contributed by atoms with E-state index in [9.17, 15) is 9.90 Å². The van der Waals surface area contributed by atoms with Crippen molar-refractivity contribution < 1.29 is 9.90 Å². The van der Waals surface area contributed by atoms with Crippen molar-refractivity contribution in [1.82, 2.24) is 9.88 Å². The summed E-state index contributed by atoms with van der Waals surface area (Å²) >= 11 is 0. The summed E-state index contributed by atoms with van der Waals surface area (Å²) in [7, 11) is 0. The Balaban J connectivity index is 1.75. The molecule has 1 saturated heterocycles. The third kappa shape index (κ3) is 2.68. The van der Waals surface area contributed by atoms with Crippen LogP contribution in [0.25, 0.3) is 10.9 Å². The molecule has 0 spiro atoms. The van der Waals surface area contributed by atoms with Gasteiger partial charge in [-0.1, -0.05) is 12.1 Å². The maximum atomic E-state index is 12.5. The van der Waals surface area contributed by atoms with Crippen LogP contribution in [0.4, 0.5) is 0 Å². The molecule has 1 aromatic heterocycles. The molecular weight excluding hydrogens is 264 g/mol. The normalized spacial score (nSPS) is 20.1. The van der Waals surface area contributed by atoms with E-state index in [1.807, 2.05) is 30.2 Å². The van der Waals surface area contributed by atoms with Gasteiger partial charge in [0.05, 0.1) is 12.5 Å². The third-order valence-corrected chi connectivity index (χ3v) is 4.60. The Labute approximate surface area is 124 Å². The summed E-state index contributed by atoms with van der Waals surface area (Å²) in [6.07, 6.45) is 2.93. The molecular formula is C17H22N2O2. The lowest BCUT2D eigenvalue weighted by Crippen LogP contribution is -2.31. The zero-order chi connectivity index (χ0) is 15.0. The minimum absolute atomic E-state index is 0.155. The number of carbonyl (C=O) groups excluding carboxylic acids is 1. The van der Waals surface area contributed by atoms with Gasteiger partial charge in [-0.15, -0.1) is 0 Å². The Morgan fingerprint density at radius 2 is 2.33 bits per heavy atom. The lowest BCUT2D eigenvalue weighted by molar-refractivity contribution is -0.129. The molecule has 0 radical (unpaired) electrons. The molecule has 1 fully saturated rings. The number of aryl methyl sites for hydroxylation is 1. The predicted molar refractivity (Wildman–Crippen MR) is 83.1 cm³/mol. The van der Waals surface area contributed by atoms with Crippen molar-refractivity contribution in [3.8, 4) is 0 Å². The molecule has 4 heteroatoms. The Kier molecular flexibility index (Phi) is 3.72. The van der Waals surface area contributed by atoms with Gasteiger partial charge in [-0.2, -0.15) is 0 Å². The SMILES string of the molecule is Cc1cccc2[nH]cc(CC(=O)N3CCC(C(C)O)C3)c12. The number of aliphatic hydroxyl groups is 1. The van der Waals surface area contributed by atoms with Gasteiger partial charge >= 0.3 is 0 Å². The maximum absolute atomic E-state index is 12.5. The number of nitrogens with one attached hydrogen (secondary N) is 1. The van der Waals surface area contributed by atoms with E-state index >= 15 is 0 Å². The number of aromatic amines is 1. The first kappa shape index (κ1) is 14.1. The second kappa shape index (κ2) is 5.53. The average molecular weight is 286 g/mol. The van der Waals surface area contributed by atoms with Gasteiger partial charge in [-0.25, -0.2) is 0 Å². The van der Waals surface area contributed by atoms with Crippen molar-refractivity contribution in [1.29, 1.82) is 0 Å². The van der Waals surface area contributed by atoms with E-state index in [1.165, 1.54) is 5.56 Å². The predicted octanol–water partition coefficient (Wildman–Crippen LogP) is 2.25. The quantitative estimate of drug-likeness (QED) is 0.909. The molecule has 0 saturated carbocycles. The first-order chi connectivity index (χ1) is 10.1. The summed E-state index contributed by atoms with van der Waals surface area (Å²) in [6, 6.07) is 6.13. The van der Waals surface area contributed by atoms with Crippen LogP contribution in [-0.4, -0.2) is 40.1 Å². The lowest BCUT2D eigenvalue weighted by atomic mass is 10.0. The van der Waals surface area contributed by atoms with Crippen LogP contribution in [0.5, 0.6) is 0 Å². The Morgan fingerprint density at radius 1 is 1.52 bits per heavy atom. The lowest BCUT2D eigenvalue weighted by Gasteiger charge is -2.17. The standard InChI is InChI=1S/C17H22N2O2/c1-11-4-3-5-15-17(11)14(9-18-15)8-16(21)19-7-6-13(10-19)12(2)20/h3-5,9,12-13,18,20H,6-8,10H2,1-2H3. The number of H-pyrrole nitrogens is 1. The van der Waals surface area contributed by atoms with Crippen LogP contribution in [0.2, 0.25) is 0 Å². The molecule has 1 amide bonds. The molecule has 2 unspecified atom stereocenters. The monoisotopic (exact) mass is 286 g/mol. The van der Waals surface area contributed by atoms with Gasteiger partial charge in [0.2, 0.25) is 5.91 Å². The van der Waals surface area contributed by atoms with E-state index < -0.39 is 0 Å². The van der Waals surface area contributed by atoms with Crippen molar-refractivity contribution in [2.24, 2.45) is 5.92 Å². The molecule has 1 aromatic carbocycles. The van der Waals surface area contributed by atoms with Gasteiger partial charge in [0.1, 0.15) is 0 Å². The molecule has 2 N–H and O–H groups in total. The molecule has 0 bridgehead atoms. The van der Waals surface area contributed by atoms with E-state index in [0.717, 1.165) is 29.4 Å². The fraction of sp³-hybridized carbons (Fsp3) is 0.471. The summed E-state index contributed by atoms with van der Waals surface area (Å²) < 4.78 is 0. The zero-order valence-electron chi connectivity index (χ0n) is 12.6. The first-order valence-electron chi connectivity index (χ1n) is 7.57. The number of aromatic nitrogens is 1. The molecule has 2 atom stereocenters. The number of rotatable bonds is 3. The van der Waals surface area contributed by atoms with Crippen molar-refractivity contribution in [2.45, 2.75) is 32.8 Å². The highest BCUT2D eigenvalue weighted by Gasteiger charge is 2.29. The summed E-state index contributed by atoms with van der Waals surface area (Å²) in [5.41, 5.74) is 3.34. The van der Waals surface area contributed by atoms with Gasteiger partial charge in [-0.05, 0) is 37.5 Å². The molecule has 1 aliphatic heterocycles. The molecule has 2 aromatic rings. The number of nitrogens with zero attached hydrogens (tertiary/aromatic N) is 1. The molecule has 2 heterocycles. The van der Waals surface area contributed by atoms with Crippen molar-refractivity contribution in [2.75, 3.05) is 13.1 Å². The average Bonchev–Trinajstić information content (AvgIpc) is 3.06. The largest absolute Gasteiger partial charge is 0.393 e. The Morgan fingerprint density at radius 3 is 3.05 bits per heavy atom. The Hall–Kier alpha value is -1.81. The number of fused-ring (bicyclic) bond motifs is 1. The summed E-state index contributed by atoms with van der Waals surface area (Å²) in [5, 5.41) is 10.8. The van der Waals surface area contributed by atoms with Gasteiger partial charge in [-0.3, -0.25) is 4.79 Å². The van der Waals surface area contributed by atoms with E-state index in [2.05, 4.69) is 18.0 Å². The number of carbonyl (C=O) groups is 1. The van der Waals surface area contributed by atoms with Gasteiger partial charge in [0.15, 0.2) is 0 Å². The van der Waals surface area contributed by atoms with Gasteiger partial charge < -0.3 is 15.0 Å². The maximum Gasteiger partial charge on any atom is 0.227 e. The second-order valence-electron chi connectivity index (χ2n) is 6.12. The molecule has 0 aliphatic carbocycles. The summed E-state index contributed by atoms with van der Waals surface area (Å²) in [5.74, 6) is 0.376. The minimum atomic E-state index is -0.335. The highest BCUT2D eigenvalue weighted by Crippen LogP contribution is 2.25. The van der Waals surface area contributed by atoms with Crippen LogP contribution in [0.1, 0.15) is 24.5 Å². The number of amides is 1. The van der Waals surface area contributed by atoms with Crippen molar-refractivity contribution in [3.63, 3.8) is 0 Å². The first-order valence-corrected chi connectivity index (χ1v) is 7.57. The number of aliphatic hydroxyl groups excluding tert-OH is 1. The van der Waals surface area contributed by atoms with Crippen molar-refractivity contribution >= 4 is 16.8 Å². The topological polar surface area (TPSA) is 56.3 Å². The highest BCUT2D eigenvalue weighted by molar-refractivity contribution is 5.91. The number of hydrogen-bond donors (Lipinski definition) is 2. The smallest absolute Gasteiger partial charge is 0.227 e. The number of likely N-dealkylation sites (tertiary alicyclic amines) is 1. The van der Waals surface area contributed by atoms with E-state index in [-0.39, 0.29) is 17.9 Å². The Bertz CT molecular complexity index is 660. The molecule has 21 heavy (non-hydrogen) atoms. The van der Waals surface area contributed by atoms with Crippen LogP contribution < -0.4 is 0 Å². The highest BCUT2D eigenvalue weighted by atomic mass is 16.3. The van der Waals surface area contributed by atoms with E-state index in [0.29, 0.717) is 13.0 Å². The van der Waals surface area contributed by atoms with E-state index in [1.54, 1.807) is 0 Å².